The number of aliphatic hydroxyl groups is 1. The number of para-hydroxylation sites is 1. The van der Waals surface area contributed by atoms with E-state index in [1.807, 2.05) is 0 Å². The molecule has 26 heavy (non-hydrogen) atoms. The van der Waals surface area contributed by atoms with Crippen molar-refractivity contribution in [3.8, 4) is 0 Å². The Morgan fingerprint density at radius 1 is 1.15 bits per heavy atom. The third-order valence-corrected chi connectivity index (χ3v) is 8.31. The second-order valence-corrected chi connectivity index (χ2v) is 9.34. The fraction of sp³-hybridized carbons (Fsp3) is 0.682. The summed E-state index contributed by atoms with van der Waals surface area (Å²) in [5, 5.41) is 10.8. The van der Waals surface area contributed by atoms with Crippen molar-refractivity contribution in [3.63, 3.8) is 0 Å². The van der Waals surface area contributed by atoms with Crippen molar-refractivity contribution in [1.29, 1.82) is 0 Å². The predicted octanol–water partition coefficient (Wildman–Crippen LogP) is 3.18. The molecule has 0 aromatic heterocycles. The minimum atomic E-state index is -0.517. The van der Waals surface area contributed by atoms with Crippen molar-refractivity contribution in [2.45, 2.75) is 63.9 Å². The van der Waals surface area contributed by atoms with Gasteiger partial charge < -0.3 is 9.84 Å². The van der Waals surface area contributed by atoms with E-state index in [1.165, 1.54) is 12.8 Å². The highest BCUT2D eigenvalue weighted by atomic mass is 16.6. The highest BCUT2D eigenvalue weighted by molar-refractivity contribution is 6.01. The Kier molecular flexibility index (Phi) is 2.95. The number of benzene rings is 1. The summed E-state index contributed by atoms with van der Waals surface area (Å²) in [6, 6.07) is 6.28. The molecule has 2 saturated heterocycles. The van der Waals surface area contributed by atoms with E-state index in [9.17, 15) is 9.90 Å². The molecule has 5 fully saturated rings. The highest BCUT2D eigenvalue weighted by Gasteiger charge is 2.80. The van der Waals surface area contributed by atoms with Crippen LogP contribution < -0.4 is 4.90 Å². The van der Waals surface area contributed by atoms with Gasteiger partial charge in [0.05, 0.1) is 23.8 Å². The lowest BCUT2D eigenvalue weighted by molar-refractivity contribution is -0.138. The number of aryl methyl sites for hydroxylation is 2. The minimum Gasteiger partial charge on any atom is -0.390 e. The molecule has 6 rings (SSSR count). The third-order valence-electron chi connectivity index (χ3n) is 8.31. The van der Waals surface area contributed by atoms with E-state index in [0.717, 1.165) is 36.1 Å². The monoisotopic (exact) mass is 353 g/mol. The van der Waals surface area contributed by atoms with E-state index in [0.29, 0.717) is 11.8 Å². The second-order valence-electron chi connectivity index (χ2n) is 9.34. The first-order valence-corrected chi connectivity index (χ1v) is 10.3. The van der Waals surface area contributed by atoms with Crippen molar-refractivity contribution < 1.29 is 14.6 Å². The van der Waals surface area contributed by atoms with E-state index in [2.05, 4.69) is 36.9 Å². The first-order valence-electron chi connectivity index (χ1n) is 10.3. The lowest BCUT2D eigenvalue weighted by Crippen LogP contribution is -2.55. The largest absolute Gasteiger partial charge is 0.390 e. The number of nitrogens with zero attached hydrogens (tertiary/aromatic N) is 1. The van der Waals surface area contributed by atoms with Crippen LogP contribution in [0.4, 0.5) is 5.69 Å². The summed E-state index contributed by atoms with van der Waals surface area (Å²) in [6.45, 7) is 4.21. The van der Waals surface area contributed by atoms with Gasteiger partial charge in [0.1, 0.15) is 0 Å². The Hall–Kier alpha value is -1.39. The molecule has 3 aliphatic carbocycles. The van der Waals surface area contributed by atoms with Gasteiger partial charge in [-0.15, -0.1) is 0 Å². The third kappa shape index (κ3) is 1.55. The minimum absolute atomic E-state index is 0.0478. The van der Waals surface area contributed by atoms with Crippen LogP contribution in [-0.2, 0) is 9.53 Å². The van der Waals surface area contributed by atoms with Crippen molar-refractivity contribution >= 4 is 11.6 Å². The SMILES string of the molecule is Cc1cccc(C)c1N1C(=O)C2C3CC4C(OC1(C1CCCC1)C42)C3O. The van der Waals surface area contributed by atoms with Gasteiger partial charge in [-0.2, -0.15) is 0 Å². The normalized spacial score (nSPS) is 46.1. The van der Waals surface area contributed by atoms with Gasteiger partial charge in [0.2, 0.25) is 5.91 Å². The van der Waals surface area contributed by atoms with Gasteiger partial charge in [0, 0.05) is 11.8 Å². The van der Waals surface area contributed by atoms with Gasteiger partial charge in [-0.3, -0.25) is 9.69 Å². The van der Waals surface area contributed by atoms with Crippen LogP contribution in [0.25, 0.3) is 0 Å². The van der Waals surface area contributed by atoms with Crippen LogP contribution >= 0.6 is 0 Å². The molecule has 4 nitrogen and oxygen atoms in total. The van der Waals surface area contributed by atoms with Crippen LogP contribution in [0.1, 0.15) is 43.2 Å². The first-order chi connectivity index (χ1) is 12.6. The van der Waals surface area contributed by atoms with Crippen LogP contribution in [0, 0.1) is 43.4 Å². The zero-order valence-corrected chi connectivity index (χ0v) is 15.5. The number of anilines is 1. The van der Waals surface area contributed by atoms with Gasteiger partial charge in [0.25, 0.3) is 0 Å². The van der Waals surface area contributed by atoms with E-state index >= 15 is 0 Å². The molecule has 138 valence electrons. The summed E-state index contributed by atoms with van der Waals surface area (Å²) in [4.78, 5) is 15.9. The highest BCUT2D eigenvalue weighted by Crippen LogP contribution is 2.71. The number of ether oxygens (including phenoxy) is 1. The van der Waals surface area contributed by atoms with Gasteiger partial charge in [-0.25, -0.2) is 0 Å². The molecule has 2 aliphatic heterocycles. The summed E-state index contributed by atoms with van der Waals surface area (Å²) in [6.07, 6.45) is 5.18. The van der Waals surface area contributed by atoms with Crippen molar-refractivity contribution in [1.82, 2.24) is 0 Å². The van der Waals surface area contributed by atoms with Crippen LogP contribution in [0.2, 0.25) is 0 Å². The molecule has 7 unspecified atom stereocenters. The van der Waals surface area contributed by atoms with Crippen molar-refractivity contribution in [3.05, 3.63) is 29.3 Å². The molecule has 1 N–H and O–H groups in total. The summed E-state index contributed by atoms with van der Waals surface area (Å²) in [5.41, 5.74) is 2.85. The van der Waals surface area contributed by atoms with E-state index < -0.39 is 11.8 Å². The number of aliphatic hydroxyl groups excluding tert-OH is 1. The predicted molar refractivity (Wildman–Crippen MR) is 97.5 cm³/mol. The molecule has 2 bridgehead atoms. The van der Waals surface area contributed by atoms with Crippen LogP contribution in [0.3, 0.4) is 0 Å². The fourth-order valence-corrected chi connectivity index (χ4v) is 7.54. The fourth-order valence-electron chi connectivity index (χ4n) is 7.54. The van der Waals surface area contributed by atoms with Gasteiger partial charge >= 0.3 is 0 Å². The molecule has 1 aromatic rings. The van der Waals surface area contributed by atoms with Crippen molar-refractivity contribution in [2.24, 2.45) is 29.6 Å². The van der Waals surface area contributed by atoms with Gasteiger partial charge in [-0.05, 0) is 56.1 Å². The number of hydrogen-bond donors (Lipinski definition) is 1. The zero-order valence-electron chi connectivity index (χ0n) is 15.5. The Morgan fingerprint density at radius 2 is 1.85 bits per heavy atom. The summed E-state index contributed by atoms with van der Waals surface area (Å²) >= 11 is 0. The Labute approximate surface area is 154 Å². The molecule has 1 aromatic carbocycles. The van der Waals surface area contributed by atoms with E-state index in [1.54, 1.807) is 0 Å². The Balaban J connectivity index is 1.59. The number of amides is 1. The standard InChI is InChI=1S/C22H27NO3/c1-11-6-5-7-12(2)18(11)23-21(25)16-14-10-15-17(16)22(23,13-8-3-4-9-13)26-20(15)19(14)24/h5-7,13-17,19-20,24H,3-4,8-10H2,1-2H3. The molecular formula is C22H27NO3. The summed E-state index contributed by atoms with van der Waals surface area (Å²) in [7, 11) is 0. The number of carbonyl (C=O) groups is 1. The molecule has 5 aliphatic rings. The Bertz CT molecular complexity index is 780. The first kappa shape index (κ1) is 15.6. The molecule has 4 heteroatoms. The maximum Gasteiger partial charge on any atom is 0.233 e. The number of fused-ring (bicyclic) bond motifs is 2. The van der Waals surface area contributed by atoms with Crippen LogP contribution in [0.5, 0.6) is 0 Å². The number of hydrogen-bond acceptors (Lipinski definition) is 3. The number of carbonyl (C=O) groups excluding carboxylic acids is 1. The number of rotatable bonds is 2. The van der Waals surface area contributed by atoms with Crippen molar-refractivity contribution in [2.75, 3.05) is 4.90 Å². The maximum atomic E-state index is 13.8. The Morgan fingerprint density at radius 3 is 2.54 bits per heavy atom. The molecule has 0 spiro atoms. The molecular weight excluding hydrogens is 326 g/mol. The average molecular weight is 353 g/mol. The smallest absolute Gasteiger partial charge is 0.233 e. The lowest BCUT2D eigenvalue weighted by atomic mass is 9.73. The quantitative estimate of drug-likeness (QED) is 0.888. The zero-order chi connectivity index (χ0) is 17.8. The molecule has 2 heterocycles. The summed E-state index contributed by atoms with van der Waals surface area (Å²) in [5.74, 6) is 1.30. The van der Waals surface area contributed by atoms with E-state index in [4.69, 9.17) is 4.74 Å². The molecule has 0 radical (unpaired) electrons. The average Bonchev–Trinajstić information content (AvgIpc) is 3.36. The molecule has 3 saturated carbocycles. The van der Waals surface area contributed by atoms with E-state index in [-0.39, 0.29) is 29.8 Å². The maximum absolute atomic E-state index is 13.8. The van der Waals surface area contributed by atoms with Crippen LogP contribution in [-0.4, -0.2) is 28.9 Å². The topological polar surface area (TPSA) is 49.8 Å². The lowest BCUT2D eigenvalue weighted by Gasteiger charge is -2.44. The van der Waals surface area contributed by atoms with Gasteiger partial charge in [-0.1, -0.05) is 31.0 Å². The molecule has 1 amide bonds. The summed E-state index contributed by atoms with van der Waals surface area (Å²) < 4.78 is 6.82. The van der Waals surface area contributed by atoms with Gasteiger partial charge in [0.15, 0.2) is 5.72 Å². The van der Waals surface area contributed by atoms with Crippen LogP contribution in [0.15, 0.2) is 18.2 Å². The second kappa shape index (κ2) is 4.90. The molecule has 7 atom stereocenters.